The van der Waals surface area contributed by atoms with Gasteiger partial charge in [-0.15, -0.1) is 0 Å². The minimum Gasteiger partial charge on any atom is -0.330 e. The first-order valence-corrected chi connectivity index (χ1v) is 6.53. The summed E-state index contributed by atoms with van der Waals surface area (Å²) < 4.78 is 11.0. The summed E-state index contributed by atoms with van der Waals surface area (Å²) in [6.07, 6.45) is 0.732. The van der Waals surface area contributed by atoms with Crippen LogP contribution in [0.5, 0.6) is 0 Å². The normalized spacial score (nSPS) is 17.9. The van der Waals surface area contributed by atoms with E-state index in [1.54, 1.807) is 6.92 Å². The van der Waals surface area contributed by atoms with Crippen molar-refractivity contribution in [2.45, 2.75) is 39.8 Å². The third kappa shape index (κ3) is 4.56. The Morgan fingerprint density at radius 3 is 2.07 bits per heavy atom. The van der Waals surface area contributed by atoms with Gasteiger partial charge in [0.25, 0.3) is 0 Å². The SMILES string of the molecule is CC(CC(C)(C)CN)C(C)P(=O)(O)O. The van der Waals surface area contributed by atoms with Crippen molar-refractivity contribution in [3.63, 3.8) is 0 Å². The van der Waals surface area contributed by atoms with Crippen molar-refractivity contribution in [2.24, 2.45) is 17.1 Å². The van der Waals surface area contributed by atoms with Crippen molar-refractivity contribution >= 4 is 7.60 Å². The van der Waals surface area contributed by atoms with Crippen LogP contribution >= 0.6 is 7.60 Å². The molecule has 0 radical (unpaired) electrons. The van der Waals surface area contributed by atoms with Crippen LogP contribution in [-0.4, -0.2) is 22.0 Å². The topological polar surface area (TPSA) is 83.6 Å². The van der Waals surface area contributed by atoms with Gasteiger partial charge in [-0.05, 0) is 24.3 Å². The molecule has 0 aliphatic heterocycles. The Bertz CT molecular complexity index is 224. The lowest BCUT2D eigenvalue weighted by Crippen LogP contribution is -2.29. The zero-order valence-corrected chi connectivity index (χ0v) is 10.3. The van der Waals surface area contributed by atoms with Crippen molar-refractivity contribution < 1.29 is 14.4 Å². The number of nitrogens with two attached hydrogens (primary N) is 1. The molecular weight excluding hydrogens is 201 g/mol. The molecule has 0 aromatic heterocycles. The van der Waals surface area contributed by atoms with E-state index < -0.39 is 13.3 Å². The predicted octanol–water partition coefficient (Wildman–Crippen LogP) is 1.56. The quantitative estimate of drug-likeness (QED) is 0.618. The van der Waals surface area contributed by atoms with E-state index in [-0.39, 0.29) is 11.3 Å². The molecule has 0 saturated carbocycles. The fourth-order valence-electron chi connectivity index (χ4n) is 1.46. The third-order valence-electron chi connectivity index (χ3n) is 2.78. The molecular formula is C9H22NO3P. The lowest BCUT2D eigenvalue weighted by molar-refractivity contribution is 0.265. The average molecular weight is 223 g/mol. The summed E-state index contributed by atoms with van der Waals surface area (Å²) in [6, 6.07) is 0. The monoisotopic (exact) mass is 223 g/mol. The van der Waals surface area contributed by atoms with E-state index in [1.165, 1.54) is 0 Å². The summed E-state index contributed by atoms with van der Waals surface area (Å²) in [5.74, 6) is -0.0191. The highest BCUT2D eigenvalue weighted by Crippen LogP contribution is 2.46. The maximum absolute atomic E-state index is 11.0. The Hall–Kier alpha value is 0.110. The second-order valence-electron chi connectivity index (χ2n) is 4.88. The van der Waals surface area contributed by atoms with Gasteiger partial charge >= 0.3 is 7.60 Å². The van der Waals surface area contributed by atoms with Crippen LogP contribution in [0.15, 0.2) is 0 Å². The Morgan fingerprint density at radius 2 is 1.79 bits per heavy atom. The maximum atomic E-state index is 11.0. The Morgan fingerprint density at radius 1 is 1.36 bits per heavy atom. The number of hydrogen-bond acceptors (Lipinski definition) is 2. The van der Waals surface area contributed by atoms with Gasteiger partial charge in [0.2, 0.25) is 0 Å². The average Bonchev–Trinajstić information content (AvgIpc) is 2.00. The molecule has 0 amide bonds. The first-order valence-electron chi connectivity index (χ1n) is 4.85. The first kappa shape index (κ1) is 14.1. The van der Waals surface area contributed by atoms with Gasteiger partial charge in [0, 0.05) is 0 Å². The van der Waals surface area contributed by atoms with Crippen LogP contribution in [0, 0.1) is 11.3 Å². The fourth-order valence-corrected chi connectivity index (χ4v) is 2.23. The molecule has 0 aliphatic carbocycles. The molecule has 86 valence electrons. The minimum absolute atomic E-state index is 0.0191. The van der Waals surface area contributed by atoms with Crippen LogP contribution in [0.25, 0.3) is 0 Å². The van der Waals surface area contributed by atoms with E-state index in [1.807, 2.05) is 20.8 Å². The van der Waals surface area contributed by atoms with Gasteiger partial charge < -0.3 is 15.5 Å². The summed E-state index contributed by atoms with van der Waals surface area (Å²) in [7, 11) is -3.95. The first-order chi connectivity index (χ1) is 6.10. The zero-order valence-electron chi connectivity index (χ0n) is 9.40. The van der Waals surface area contributed by atoms with E-state index in [0.29, 0.717) is 6.54 Å². The summed E-state index contributed by atoms with van der Waals surface area (Å²) >= 11 is 0. The highest BCUT2D eigenvalue weighted by Gasteiger charge is 2.32. The summed E-state index contributed by atoms with van der Waals surface area (Å²) in [5, 5.41) is 0. The number of hydrogen-bond donors (Lipinski definition) is 3. The van der Waals surface area contributed by atoms with Crippen LogP contribution in [0.1, 0.15) is 34.1 Å². The number of rotatable bonds is 5. The second-order valence-corrected chi connectivity index (χ2v) is 6.87. The molecule has 2 atom stereocenters. The molecule has 0 aromatic rings. The summed E-state index contributed by atoms with van der Waals surface area (Å²) in [5.41, 5.74) is 4.93. The fraction of sp³-hybridized carbons (Fsp3) is 1.00. The van der Waals surface area contributed by atoms with Gasteiger partial charge in [0.15, 0.2) is 0 Å². The molecule has 0 aromatic carbocycles. The molecule has 14 heavy (non-hydrogen) atoms. The Labute approximate surface area is 86.1 Å². The van der Waals surface area contributed by atoms with Gasteiger partial charge in [-0.25, -0.2) is 0 Å². The van der Waals surface area contributed by atoms with Crippen molar-refractivity contribution in [1.29, 1.82) is 0 Å². The van der Waals surface area contributed by atoms with Crippen LogP contribution in [0.2, 0.25) is 0 Å². The second kappa shape index (κ2) is 4.75. The van der Waals surface area contributed by atoms with E-state index in [9.17, 15) is 4.57 Å². The smallest absolute Gasteiger partial charge is 0.328 e. The summed E-state index contributed by atoms with van der Waals surface area (Å²) in [4.78, 5) is 18.0. The van der Waals surface area contributed by atoms with E-state index >= 15 is 0 Å². The Kier molecular flexibility index (Phi) is 4.79. The standard InChI is InChI=1S/C9H22NO3P/c1-7(5-9(3,4)6-10)8(2)14(11,12)13/h7-8H,5-6,10H2,1-4H3,(H2,11,12,13). The molecule has 0 heterocycles. The molecule has 4 N–H and O–H groups in total. The van der Waals surface area contributed by atoms with Crippen LogP contribution < -0.4 is 5.73 Å². The molecule has 0 bridgehead atoms. The molecule has 2 unspecified atom stereocenters. The molecule has 0 spiro atoms. The van der Waals surface area contributed by atoms with E-state index in [2.05, 4.69) is 0 Å². The highest BCUT2D eigenvalue weighted by molar-refractivity contribution is 7.52. The molecule has 5 heteroatoms. The molecule has 0 aliphatic rings. The lowest BCUT2D eigenvalue weighted by atomic mass is 9.82. The van der Waals surface area contributed by atoms with Crippen molar-refractivity contribution in [3.8, 4) is 0 Å². The van der Waals surface area contributed by atoms with E-state index in [0.717, 1.165) is 6.42 Å². The van der Waals surface area contributed by atoms with Crippen LogP contribution in [0.4, 0.5) is 0 Å². The predicted molar refractivity (Wildman–Crippen MR) is 58.1 cm³/mol. The van der Waals surface area contributed by atoms with Crippen molar-refractivity contribution in [2.75, 3.05) is 6.54 Å². The minimum atomic E-state index is -3.95. The van der Waals surface area contributed by atoms with E-state index in [4.69, 9.17) is 15.5 Å². The lowest BCUT2D eigenvalue weighted by Gasteiger charge is -2.29. The third-order valence-corrected chi connectivity index (χ3v) is 4.35. The highest BCUT2D eigenvalue weighted by atomic mass is 31.2. The van der Waals surface area contributed by atoms with Gasteiger partial charge in [-0.2, -0.15) is 0 Å². The van der Waals surface area contributed by atoms with Gasteiger partial charge in [-0.3, -0.25) is 4.57 Å². The van der Waals surface area contributed by atoms with Crippen molar-refractivity contribution in [3.05, 3.63) is 0 Å². The molecule has 0 rings (SSSR count). The van der Waals surface area contributed by atoms with Gasteiger partial charge in [-0.1, -0.05) is 27.7 Å². The maximum Gasteiger partial charge on any atom is 0.328 e. The Balaban J connectivity index is 4.36. The van der Waals surface area contributed by atoms with Gasteiger partial charge in [0.1, 0.15) is 0 Å². The largest absolute Gasteiger partial charge is 0.330 e. The van der Waals surface area contributed by atoms with Crippen molar-refractivity contribution in [1.82, 2.24) is 0 Å². The molecule has 0 fully saturated rings. The van der Waals surface area contributed by atoms with Crippen LogP contribution in [0.3, 0.4) is 0 Å². The molecule has 4 nitrogen and oxygen atoms in total. The van der Waals surface area contributed by atoms with Gasteiger partial charge in [0.05, 0.1) is 5.66 Å². The summed E-state index contributed by atoms with van der Waals surface area (Å²) in [6.45, 7) is 8.01. The zero-order chi connectivity index (χ0) is 11.6. The van der Waals surface area contributed by atoms with Crippen LogP contribution in [-0.2, 0) is 4.57 Å². The molecule has 0 saturated heterocycles.